The van der Waals surface area contributed by atoms with Crippen LogP contribution in [0.15, 0.2) is 6.20 Å². The zero-order valence-corrected chi connectivity index (χ0v) is 10.1. The van der Waals surface area contributed by atoms with Crippen LogP contribution in [0.2, 0.25) is 0 Å². The molecule has 3 heterocycles. The Bertz CT molecular complexity index is 515. The highest BCUT2D eigenvalue weighted by Crippen LogP contribution is 2.27. The van der Waals surface area contributed by atoms with Crippen LogP contribution >= 0.6 is 11.3 Å². The van der Waals surface area contributed by atoms with E-state index in [-0.39, 0.29) is 6.04 Å². The molecule has 0 aliphatic carbocycles. The average Bonchev–Trinajstić information content (AvgIpc) is 2.84. The fourth-order valence-corrected chi connectivity index (χ4v) is 2.76. The molecule has 0 bridgehead atoms. The number of thiazole rings is 1. The molecule has 3 rings (SSSR count). The fourth-order valence-electron chi connectivity index (χ4n) is 1.99. The Hall–Kier alpha value is -1.27. The molecule has 2 aromatic rings. The van der Waals surface area contributed by atoms with E-state index in [0.717, 1.165) is 34.6 Å². The molecule has 0 saturated heterocycles. The van der Waals surface area contributed by atoms with Crippen LogP contribution in [0.4, 0.5) is 0 Å². The molecular formula is C10H13N5S. The van der Waals surface area contributed by atoms with Crippen LogP contribution in [0.25, 0.3) is 10.7 Å². The minimum Gasteiger partial charge on any atom is -0.308 e. The molecule has 0 amide bonds. The Morgan fingerprint density at radius 3 is 3.12 bits per heavy atom. The van der Waals surface area contributed by atoms with Gasteiger partial charge in [0.15, 0.2) is 5.82 Å². The third-order valence-electron chi connectivity index (χ3n) is 2.79. The van der Waals surface area contributed by atoms with Crippen molar-refractivity contribution in [2.24, 2.45) is 0 Å². The molecule has 0 aromatic carbocycles. The molecule has 16 heavy (non-hydrogen) atoms. The summed E-state index contributed by atoms with van der Waals surface area (Å²) in [6.45, 7) is 6.02. The van der Waals surface area contributed by atoms with Crippen molar-refractivity contribution in [3.63, 3.8) is 0 Å². The summed E-state index contributed by atoms with van der Waals surface area (Å²) in [4.78, 5) is 5.36. The molecule has 1 aliphatic heterocycles. The Labute approximate surface area is 97.5 Å². The van der Waals surface area contributed by atoms with Crippen molar-refractivity contribution in [3.05, 3.63) is 17.0 Å². The number of hydrogen-bond acceptors (Lipinski definition) is 5. The monoisotopic (exact) mass is 235 g/mol. The summed E-state index contributed by atoms with van der Waals surface area (Å²) in [6, 6.07) is 0.281. The first-order valence-corrected chi connectivity index (χ1v) is 6.16. The van der Waals surface area contributed by atoms with Crippen molar-refractivity contribution in [2.45, 2.75) is 26.4 Å². The van der Waals surface area contributed by atoms with E-state index in [2.05, 4.69) is 32.0 Å². The van der Waals surface area contributed by atoms with Gasteiger partial charge in [-0.1, -0.05) is 0 Å². The highest BCUT2D eigenvalue weighted by molar-refractivity contribution is 7.14. The van der Waals surface area contributed by atoms with Gasteiger partial charge in [0, 0.05) is 19.3 Å². The summed E-state index contributed by atoms with van der Waals surface area (Å²) in [6.07, 6.45) is 1.88. The maximum Gasteiger partial charge on any atom is 0.175 e. The van der Waals surface area contributed by atoms with Crippen LogP contribution in [0.3, 0.4) is 0 Å². The number of rotatable bonds is 1. The number of nitrogens with zero attached hydrogens (tertiary/aromatic N) is 4. The van der Waals surface area contributed by atoms with Gasteiger partial charge >= 0.3 is 0 Å². The van der Waals surface area contributed by atoms with Crippen LogP contribution in [-0.2, 0) is 6.54 Å². The van der Waals surface area contributed by atoms with Crippen LogP contribution in [-0.4, -0.2) is 26.3 Å². The Morgan fingerprint density at radius 1 is 1.50 bits per heavy atom. The van der Waals surface area contributed by atoms with Crippen molar-refractivity contribution in [2.75, 3.05) is 6.54 Å². The van der Waals surface area contributed by atoms with E-state index in [1.165, 1.54) is 0 Å². The van der Waals surface area contributed by atoms with Gasteiger partial charge in [-0.3, -0.25) is 0 Å². The Morgan fingerprint density at radius 2 is 2.38 bits per heavy atom. The van der Waals surface area contributed by atoms with Gasteiger partial charge in [0.2, 0.25) is 0 Å². The molecule has 2 aromatic heterocycles. The zero-order chi connectivity index (χ0) is 11.1. The van der Waals surface area contributed by atoms with Crippen molar-refractivity contribution in [3.8, 4) is 10.7 Å². The summed E-state index contributed by atoms with van der Waals surface area (Å²) in [5.74, 6) is 1.97. The van der Waals surface area contributed by atoms with E-state index >= 15 is 0 Å². The normalized spacial score (nSPS) is 19.8. The first-order valence-electron chi connectivity index (χ1n) is 5.35. The van der Waals surface area contributed by atoms with Gasteiger partial charge in [-0.05, 0) is 13.8 Å². The summed E-state index contributed by atoms with van der Waals surface area (Å²) in [5.41, 5.74) is 0. The zero-order valence-electron chi connectivity index (χ0n) is 9.27. The molecular weight excluding hydrogens is 222 g/mol. The number of nitrogens with one attached hydrogen (secondary N) is 1. The van der Waals surface area contributed by atoms with Gasteiger partial charge in [0.05, 0.1) is 15.9 Å². The molecule has 1 atom stereocenters. The van der Waals surface area contributed by atoms with Gasteiger partial charge in [0.25, 0.3) is 0 Å². The quantitative estimate of drug-likeness (QED) is 0.811. The van der Waals surface area contributed by atoms with Gasteiger partial charge in [-0.25, -0.2) is 4.98 Å². The van der Waals surface area contributed by atoms with E-state index in [1.807, 2.05) is 13.1 Å². The van der Waals surface area contributed by atoms with Gasteiger partial charge in [-0.15, -0.1) is 21.5 Å². The first kappa shape index (κ1) is 9.92. The summed E-state index contributed by atoms with van der Waals surface area (Å²) in [7, 11) is 0. The molecule has 84 valence electrons. The molecule has 0 saturated carbocycles. The predicted octanol–water partition coefficient (Wildman–Crippen LogP) is 1.37. The minimum atomic E-state index is 0.281. The molecule has 0 fully saturated rings. The van der Waals surface area contributed by atoms with E-state index in [0.29, 0.717) is 0 Å². The van der Waals surface area contributed by atoms with Crippen LogP contribution in [0.1, 0.15) is 23.8 Å². The maximum absolute atomic E-state index is 4.28. The van der Waals surface area contributed by atoms with Crippen molar-refractivity contribution >= 4 is 11.3 Å². The van der Waals surface area contributed by atoms with Crippen molar-refractivity contribution < 1.29 is 0 Å². The molecule has 1 unspecified atom stereocenters. The summed E-state index contributed by atoms with van der Waals surface area (Å²) in [5, 5.41) is 13.0. The largest absolute Gasteiger partial charge is 0.308 e. The van der Waals surface area contributed by atoms with Crippen LogP contribution in [0, 0.1) is 6.92 Å². The van der Waals surface area contributed by atoms with E-state index in [1.54, 1.807) is 11.3 Å². The predicted molar refractivity (Wildman–Crippen MR) is 62.3 cm³/mol. The third kappa shape index (κ3) is 1.45. The number of aromatic nitrogens is 4. The van der Waals surface area contributed by atoms with Gasteiger partial charge < -0.3 is 9.88 Å². The molecule has 6 heteroatoms. The molecule has 5 nitrogen and oxygen atoms in total. The van der Waals surface area contributed by atoms with Crippen LogP contribution in [0.5, 0.6) is 0 Å². The maximum atomic E-state index is 4.28. The molecule has 1 aliphatic rings. The lowest BCUT2D eigenvalue weighted by atomic mass is 10.2. The van der Waals surface area contributed by atoms with E-state index in [4.69, 9.17) is 0 Å². The first-order chi connectivity index (χ1) is 7.75. The second kappa shape index (κ2) is 3.64. The number of hydrogen-bond donors (Lipinski definition) is 1. The third-order valence-corrected chi connectivity index (χ3v) is 3.70. The minimum absolute atomic E-state index is 0.281. The molecule has 0 spiro atoms. The molecule has 1 N–H and O–H groups in total. The second-order valence-corrected chi connectivity index (χ2v) is 5.19. The highest BCUT2D eigenvalue weighted by Gasteiger charge is 2.22. The summed E-state index contributed by atoms with van der Waals surface area (Å²) >= 11 is 1.66. The highest BCUT2D eigenvalue weighted by atomic mass is 32.1. The summed E-state index contributed by atoms with van der Waals surface area (Å²) < 4.78 is 2.19. The lowest BCUT2D eigenvalue weighted by Crippen LogP contribution is -2.32. The van der Waals surface area contributed by atoms with Crippen molar-refractivity contribution in [1.82, 2.24) is 25.1 Å². The van der Waals surface area contributed by atoms with Crippen LogP contribution < -0.4 is 5.32 Å². The van der Waals surface area contributed by atoms with Gasteiger partial charge in [0.1, 0.15) is 5.82 Å². The Kier molecular flexibility index (Phi) is 2.26. The van der Waals surface area contributed by atoms with Crippen molar-refractivity contribution in [1.29, 1.82) is 0 Å². The van der Waals surface area contributed by atoms with E-state index in [9.17, 15) is 0 Å². The SMILES string of the molecule is Cc1ncc(-c2nnc3n2CCNC3C)s1. The van der Waals surface area contributed by atoms with Gasteiger partial charge in [-0.2, -0.15) is 0 Å². The lowest BCUT2D eigenvalue weighted by molar-refractivity contribution is 0.439. The smallest absolute Gasteiger partial charge is 0.175 e. The Balaban J connectivity index is 2.09. The number of aryl methyl sites for hydroxylation is 1. The van der Waals surface area contributed by atoms with E-state index < -0.39 is 0 Å². The number of fused-ring (bicyclic) bond motifs is 1. The fraction of sp³-hybridized carbons (Fsp3) is 0.500. The average molecular weight is 235 g/mol. The topological polar surface area (TPSA) is 55.6 Å². The lowest BCUT2D eigenvalue weighted by Gasteiger charge is -2.21. The molecule has 0 radical (unpaired) electrons. The standard InChI is InChI=1S/C10H13N5S/c1-6-9-13-14-10(15(9)4-3-11-6)8-5-12-7(2)16-8/h5-6,11H,3-4H2,1-2H3. The second-order valence-electron chi connectivity index (χ2n) is 3.95.